The van der Waals surface area contributed by atoms with Gasteiger partial charge in [0, 0.05) is 32.8 Å². The van der Waals surface area contributed by atoms with Crippen molar-refractivity contribution in [2.24, 2.45) is 4.99 Å². The summed E-state index contributed by atoms with van der Waals surface area (Å²) in [5.41, 5.74) is 1.46. The molecule has 0 unspecified atom stereocenters. The molecular formula is C24H39FN4O2. The quantitative estimate of drug-likeness (QED) is 0.315. The highest BCUT2D eigenvalue weighted by Crippen LogP contribution is 2.24. The van der Waals surface area contributed by atoms with E-state index in [1.54, 1.807) is 6.07 Å². The van der Waals surface area contributed by atoms with Crippen LogP contribution in [0.3, 0.4) is 0 Å². The monoisotopic (exact) mass is 434 g/mol. The fourth-order valence-electron chi connectivity index (χ4n) is 4.28. The van der Waals surface area contributed by atoms with Crippen molar-refractivity contribution in [2.75, 3.05) is 37.7 Å². The van der Waals surface area contributed by atoms with E-state index in [1.807, 2.05) is 24.0 Å². The maximum Gasteiger partial charge on any atom is 0.191 e. The van der Waals surface area contributed by atoms with Crippen LogP contribution in [0.25, 0.3) is 0 Å². The highest BCUT2D eigenvalue weighted by molar-refractivity contribution is 5.79. The van der Waals surface area contributed by atoms with Crippen molar-refractivity contribution in [3.05, 3.63) is 29.6 Å². The largest absolute Gasteiger partial charge is 0.393 e. The molecule has 1 aliphatic carbocycles. The number of hydrogen-bond acceptors (Lipinski definition) is 4. The zero-order valence-corrected chi connectivity index (χ0v) is 18.9. The van der Waals surface area contributed by atoms with Crippen molar-refractivity contribution >= 4 is 11.6 Å². The maximum absolute atomic E-state index is 14.6. The third-order valence-corrected chi connectivity index (χ3v) is 6.10. The van der Waals surface area contributed by atoms with Crippen molar-refractivity contribution in [3.63, 3.8) is 0 Å². The molecule has 0 aromatic heterocycles. The third-order valence-electron chi connectivity index (χ3n) is 6.10. The normalized spacial score (nSPS) is 18.9. The molecule has 174 valence electrons. The van der Waals surface area contributed by atoms with Gasteiger partial charge in [0.15, 0.2) is 5.96 Å². The summed E-state index contributed by atoms with van der Waals surface area (Å²) in [6.45, 7) is 6.18. The number of anilines is 1. The van der Waals surface area contributed by atoms with Gasteiger partial charge in [0.05, 0.1) is 24.4 Å². The van der Waals surface area contributed by atoms with Crippen LogP contribution in [0, 0.1) is 5.82 Å². The molecule has 7 heteroatoms. The van der Waals surface area contributed by atoms with Gasteiger partial charge in [-0.2, -0.15) is 0 Å². The van der Waals surface area contributed by atoms with Crippen LogP contribution < -0.4 is 15.5 Å². The Bertz CT molecular complexity index is 686. The molecule has 31 heavy (non-hydrogen) atoms. The molecule has 1 saturated carbocycles. The fraction of sp³-hybridized carbons (Fsp3) is 0.708. The molecule has 2 fully saturated rings. The number of aliphatic imine (C=N–C) groups is 1. The number of hydrogen-bond donors (Lipinski definition) is 3. The summed E-state index contributed by atoms with van der Waals surface area (Å²) in [5, 5.41) is 16.2. The standard InChI is InChI=1S/C24H39FN4O2/c1-2-26-24(27-13-6-16-31-21-7-4-3-5-8-21)28-18-19-9-10-23(22(25)17-19)29-14-11-20(30)12-15-29/h9-10,17,20-21,30H,2-8,11-16,18H2,1H3,(H2,26,27,28). The average Bonchev–Trinajstić information content (AvgIpc) is 2.79. The molecule has 0 radical (unpaired) electrons. The Kier molecular flexibility index (Phi) is 9.87. The number of benzene rings is 1. The third kappa shape index (κ3) is 7.96. The van der Waals surface area contributed by atoms with Crippen LogP contribution in [-0.2, 0) is 11.3 Å². The summed E-state index contributed by atoms with van der Waals surface area (Å²) >= 11 is 0. The Hall–Kier alpha value is -1.86. The van der Waals surface area contributed by atoms with Gasteiger partial charge < -0.3 is 25.4 Å². The lowest BCUT2D eigenvalue weighted by Gasteiger charge is -2.31. The molecule has 0 bridgehead atoms. The molecule has 1 saturated heterocycles. The topological polar surface area (TPSA) is 69.1 Å². The van der Waals surface area contributed by atoms with Crippen molar-refractivity contribution in [2.45, 2.75) is 77.0 Å². The number of nitrogens with zero attached hydrogens (tertiary/aromatic N) is 2. The van der Waals surface area contributed by atoms with Crippen LogP contribution in [0.1, 0.15) is 63.9 Å². The summed E-state index contributed by atoms with van der Waals surface area (Å²) < 4.78 is 20.6. The number of nitrogens with one attached hydrogen (secondary N) is 2. The SMILES string of the molecule is CCNC(=NCc1ccc(N2CCC(O)CC2)c(F)c1)NCCCOC1CCCCC1. The van der Waals surface area contributed by atoms with Crippen molar-refractivity contribution in [1.29, 1.82) is 0 Å². The number of halogens is 1. The van der Waals surface area contributed by atoms with E-state index in [4.69, 9.17) is 4.74 Å². The number of guanidine groups is 1. The Labute approximate surface area is 186 Å². The van der Waals surface area contributed by atoms with Gasteiger partial charge in [-0.05, 0) is 56.7 Å². The van der Waals surface area contributed by atoms with Crippen LogP contribution in [0.2, 0.25) is 0 Å². The first-order chi connectivity index (χ1) is 15.2. The summed E-state index contributed by atoms with van der Waals surface area (Å²) in [7, 11) is 0. The van der Waals surface area contributed by atoms with Gasteiger partial charge in [0.2, 0.25) is 0 Å². The minimum Gasteiger partial charge on any atom is -0.393 e. The van der Waals surface area contributed by atoms with E-state index in [0.717, 1.165) is 37.6 Å². The lowest BCUT2D eigenvalue weighted by Crippen LogP contribution is -2.38. The van der Waals surface area contributed by atoms with Crippen molar-refractivity contribution < 1.29 is 14.2 Å². The molecule has 1 aromatic carbocycles. The number of piperidine rings is 1. The van der Waals surface area contributed by atoms with Gasteiger partial charge in [-0.15, -0.1) is 0 Å². The van der Waals surface area contributed by atoms with E-state index in [2.05, 4.69) is 15.6 Å². The predicted molar refractivity (Wildman–Crippen MR) is 124 cm³/mol. The minimum absolute atomic E-state index is 0.220. The van der Waals surface area contributed by atoms with E-state index in [1.165, 1.54) is 32.1 Å². The van der Waals surface area contributed by atoms with Crippen LogP contribution in [0.4, 0.5) is 10.1 Å². The first kappa shape index (κ1) is 23.8. The number of aliphatic hydroxyl groups excluding tert-OH is 1. The lowest BCUT2D eigenvalue weighted by molar-refractivity contribution is 0.0277. The predicted octanol–water partition coefficient (Wildman–Crippen LogP) is 3.58. The number of aliphatic hydroxyl groups is 1. The number of ether oxygens (including phenoxy) is 1. The molecule has 1 aliphatic heterocycles. The van der Waals surface area contributed by atoms with E-state index in [-0.39, 0.29) is 11.9 Å². The molecule has 6 nitrogen and oxygen atoms in total. The van der Waals surface area contributed by atoms with Crippen molar-refractivity contribution in [3.8, 4) is 0 Å². The van der Waals surface area contributed by atoms with Gasteiger partial charge in [-0.25, -0.2) is 9.38 Å². The van der Waals surface area contributed by atoms with E-state index >= 15 is 0 Å². The molecule has 2 aliphatic rings. The highest BCUT2D eigenvalue weighted by atomic mass is 19.1. The molecule has 0 amide bonds. The van der Waals surface area contributed by atoms with Gasteiger partial charge in [0.25, 0.3) is 0 Å². The van der Waals surface area contributed by atoms with Crippen molar-refractivity contribution in [1.82, 2.24) is 10.6 Å². The summed E-state index contributed by atoms with van der Waals surface area (Å²) in [4.78, 5) is 6.61. The van der Waals surface area contributed by atoms with E-state index in [9.17, 15) is 9.50 Å². The second-order valence-electron chi connectivity index (χ2n) is 8.61. The first-order valence-corrected chi connectivity index (χ1v) is 12.0. The summed E-state index contributed by atoms with van der Waals surface area (Å²) in [5.74, 6) is 0.525. The van der Waals surface area contributed by atoms with Gasteiger partial charge in [0.1, 0.15) is 5.82 Å². The molecule has 1 aromatic rings. The van der Waals surface area contributed by atoms with Crippen LogP contribution >= 0.6 is 0 Å². The second kappa shape index (κ2) is 12.9. The van der Waals surface area contributed by atoms with E-state index < -0.39 is 0 Å². The Morgan fingerprint density at radius 2 is 1.94 bits per heavy atom. The highest BCUT2D eigenvalue weighted by Gasteiger charge is 2.19. The average molecular weight is 435 g/mol. The molecule has 0 spiro atoms. The van der Waals surface area contributed by atoms with Crippen LogP contribution in [-0.4, -0.2) is 56.1 Å². The lowest BCUT2D eigenvalue weighted by atomic mass is 9.98. The van der Waals surface area contributed by atoms with Crippen LogP contribution in [0.5, 0.6) is 0 Å². The fourth-order valence-corrected chi connectivity index (χ4v) is 4.28. The Morgan fingerprint density at radius 1 is 1.16 bits per heavy atom. The molecule has 3 rings (SSSR count). The van der Waals surface area contributed by atoms with Gasteiger partial charge in [-0.3, -0.25) is 0 Å². The van der Waals surface area contributed by atoms with Gasteiger partial charge in [-0.1, -0.05) is 25.3 Å². The maximum atomic E-state index is 14.6. The minimum atomic E-state index is -0.260. The molecule has 0 atom stereocenters. The molecular weight excluding hydrogens is 395 g/mol. The molecule has 1 heterocycles. The zero-order valence-electron chi connectivity index (χ0n) is 18.9. The van der Waals surface area contributed by atoms with Crippen LogP contribution in [0.15, 0.2) is 23.2 Å². The summed E-state index contributed by atoms with van der Waals surface area (Å²) in [6.07, 6.45) is 8.84. The summed E-state index contributed by atoms with van der Waals surface area (Å²) in [6, 6.07) is 5.35. The zero-order chi connectivity index (χ0) is 21.9. The second-order valence-corrected chi connectivity index (χ2v) is 8.61. The Balaban J connectivity index is 1.44. The Morgan fingerprint density at radius 3 is 2.65 bits per heavy atom. The first-order valence-electron chi connectivity index (χ1n) is 12.0. The number of rotatable bonds is 9. The van der Waals surface area contributed by atoms with Gasteiger partial charge >= 0.3 is 0 Å². The smallest absolute Gasteiger partial charge is 0.191 e. The van der Waals surface area contributed by atoms with E-state index in [0.29, 0.717) is 44.3 Å². The molecule has 3 N–H and O–H groups in total.